The number of hydrogen-bond donors (Lipinski definition) is 1. The number of carboxylic acids is 1. The van der Waals surface area contributed by atoms with Gasteiger partial charge in [0.1, 0.15) is 18.3 Å². The standard InChI is InChI=1S/C12H15N3O2/c1-3-9(2)15(8-12(16)17)11-4-5-14-10(6-11)7-13/h4-6,9H,3,8H2,1-2H3,(H,16,17). The second-order valence-corrected chi connectivity index (χ2v) is 3.79. The summed E-state index contributed by atoms with van der Waals surface area (Å²) in [5.41, 5.74) is 1.01. The molecule has 1 unspecified atom stereocenters. The van der Waals surface area contributed by atoms with Crippen LogP contribution in [-0.2, 0) is 4.79 Å². The van der Waals surface area contributed by atoms with Crippen molar-refractivity contribution in [2.24, 2.45) is 0 Å². The molecule has 1 aromatic rings. The second-order valence-electron chi connectivity index (χ2n) is 3.79. The lowest BCUT2D eigenvalue weighted by Gasteiger charge is -2.29. The van der Waals surface area contributed by atoms with Gasteiger partial charge in [0.05, 0.1) is 0 Å². The zero-order valence-corrected chi connectivity index (χ0v) is 9.92. The van der Waals surface area contributed by atoms with E-state index >= 15 is 0 Å². The Kier molecular flexibility index (Phi) is 4.46. The third-order valence-corrected chi connectivity index (χ3v) is 2.62. The van der Waals surface area contributed by atoms with Crippen molar-refractivity contribution >= 4 is 11.7 Å². The normalized spacial score (nSPS) is 11.6. The van der Waals surface area contributed by atoms with Crippen LogP contribution in [0.3, 0.4) is 0 Å². The fourth-order valence-electron chi connectivity index (χ4n) is 1.53. The van der Waals surface area contributed by atoms with Crippen molar-refractivity contribution < 1.29 is 9.90 Å². The summed E-state index contributed by atoms with van der Waals surface area (Å²) in [5.74, 6) is -0.888. The third kappa shape index (κ3) is 3.45. The van der Waals surface area contributed by atoms with E-state index in [2.05, 4.69) is 4.98 Å². The van der Waals surface area contributed by atoms with E-state index in [9.17, 15) is 4.79 Å². The Bertz CT molecular complexity index is 440. The van der Waals surface area contributed by atoms with Crippen LogP contribution in [0.4, 0.5) is 5.69 Å². The van der Waals surface area contributed by atoms with Crippen LogP contribution < -0.4 is 4.90 Å². The van der Waals surface area contributed by atoms with Crippen LogP contribution >= 0.6 is 0 Å². The van der Waals surface area contributed by atoms with Crippen LogP contribution in [0.15, 0.2) is 18.3 Å². The first-order valence-corrected chi connectivity index (χ1v) is 5.43. The van der Waals surface area contributed by atoms with Crippen LogP contribution in [0.25, 0.3) is 0 Å². The van der Waals surface area contributed by atoms with Crippen molar-refractivity contribution in [1.29, 1.82) is 5.26 Å². The van der Waals surface area contributed by atoms with Gasteiger partial charge in [-0.05, 0) is 25.5 Å². The zero-order chi connectivity index (χ0) is 12.8. The van der Waals surface area contributed by atoms with E-state index in [-0.39, 0.29) is 12.6 Å². The Labute approximate surface area is 100 Å². The topological polar surface area (TPSA) is 77.2 Å². The minimum atomic E-state index is -0.888. The molecule has 0 bridgehead atoms. The van der Waals surface area contributed by atoms with Crippen molar-refractivity contribution in [2.45, 2.75) is 26.3 Å². The highest BCUT2D eigenvalue weighted by Gasteiger charge is 2.16. The fourth-order valence-corrected chi connectivity index (χ4v) is 1.53. The summed E-state index contributed by atoms with van der Waals surface area (Å²) in [6, 6.07) is 5.37. The molecule has 0 radical (unpaired) electrons. The van der Waals surface area contributed by atoms with Crippen molar-refractivity contribution in [3.63, 3.8) is 0 Å². The maximum absolute atomic E-state index is 10.8. The van der Waals surface area contributed by atoms with Gasteiger partial charge < -0.3 is 10.0 Å². The highest BCUT2D eigenvalue weighted by Crippen LogP contribution is 2.18. The molecule has 1 atom stereocenters. The Morgan fingerprint density at radius 3 is 2.94 bits per heavy atom. The molecule has 0 aliphatic rings. The first-order chi connectivity index (χ1) is 8.08. The maximum Gasteiger partial charge on any atom is 0.323 e. The number of carbonyl (C=O) groups is 1. The molecule has 0 aromatic carbocycles. The molecule has 0 saturated carbocycles. The van der Waals surface area contributed by atoms with Gasteiger partial charge in [0.15, 0.2) is 0 Å². The molecule has 0 aliphatic carbocycles. The predicted octanol–water partition coefficient (Wildman–Crippen LogP) is 1.64. The van der Waals surface area contributed by atoms with Gasteiger partial charge in [0.25, 0.3) is 0 Å². The van der Waals surface area contributed by atoms with E-state index < -0.39 is 5.97 Å². The lowest BCUT2D eigenvalue weighted by Crippen LogP contribution is -2.37. The third-order valence-electron chi connectivity index (χ3n) is 2.62. The van der Waals surface area contributed by atoms with Crippen LogP contribution in [-0.4, -0.2) is 28.6 Å². The summed E-state index contributed by atoms with van der Waals surface area (Å²) >= 11 is 0. The summed E-state index contributed by atoms with van der Waals surface area (Å²) in [7, 11) is 0. The van der Waals surface area contributed by atoms with Gasteiger partial charge in [-0.1, -0.05) is 6.92 Å². The Hall–Kier alpha value is -2.09. The molecule has 1 N–H and O–H groups in total. The van der Waals surface area contributed by atoms with Gasteiger partial charge >= 0.3 is 5.97 Å². The molecule has 5 heteroatoms. The molecule has 0 aliphatic heterocycles. The molecule has 90 valence electrons. The van der Waals surface area contributed by atoms with Gasteiger partial charge in [-0.15, -0.1) is 0 Å². The Morgan fingerprint density at radius 1 is 1.71 bits per heavy atom. The Morgan fingerprint density at radius 2 is 2.41 bits per heavy atom. The van der Waals surface area contributed by atoms with Crippen LogP contribution in [0, 0.1) is 11.3 Å². The number of rotatable bonds is 5. The van der Waals surface area contributed by atoms with Crippen molar-refractivity contribution in [3.05, 3.63) is 24.0 Å². The van der Waals surface area contributed by atoms with Crippen LogP contribution in [0.2, 0.25) is 0 Å². The fraction of sp³-hybridized carbons (Fsp3) is 0.417. The monoisotopic (exact) mass is 233 g/mol. The van der Waals surface area contributed by atoms with Crippen molar-refractivity contribution in [2.75, 3.05) is 11.4 Å². The highest BCUT2D eigenvalue weighted by molar-refractivity contribution is 5.74. The van der Waals surface area contributed by atoms with Gasteiger partial charge in [0.2, 0.25) is 0 Å². The largest absolute Gasteiger partial charge is 0.480 e. The molecule has 1 heterocycles. The van der Waals surface area contributed by atoms with E-state index in [1.807, 2.05) is 19.9 Å². The smallest absolute Gasteiger partial charge is 0.323 e. The van der Waals surface area contributed by atoms with Crippen LogP contribution in [0.1, 0.15) is 26.0 Å². The number of aromatic nitrogens is 1. The summed E-state index contributed by atoms with van der Waals surface area (Å²) in [5, 5.41) is 17.7. The number of aliphatic carboxylic acids is 1. The summed E-state index contributed by atoms with van der Waals surface area (Å²) in [4.78, 5) is 16.5. The molecule has 0 amide bonds. The molecule has 0 saturated heterocycles. The lowest BCUT2D eigenvalue weighted by atomic mass is 10.2. The first-order valence-electron chi connectivity index (χ1n) is 5.43. The van der Waals surface area contributed by atoms with Gasteiger partial charge in [-0.3, -0.25) is 4.79 Å². The molecule has 1 rings (SSSR count). The van der Waals surface area contributed by atoms with E-state index in [1.54, 1.807) is 17.0 Å². The molecule has 0 spiro atoms. The average molecular weight is 233 g/mol. The van der Waals surface area contributed by atoms with Gasteiger partial charge in [-0.25, -0.2) is 4.98 Å². The van der Waals surface area contributed by atoms with E-state index in [1.165, 1.54) is 6.20 Å². The molecule has 5 nitrogen and oxygen atoms in total. The summed E-state index contributed by atoms with van der Waals surface area (Å²) < 4.78 is 0. The minimum Gasteiger partial charge on any atom is -0.480 e. The number of nitriles is 1. The Balaban J connectivity index is 3.03. The van der Waals surface area contributed by atoms with Crippen molar-refractivity contribution in [3.8, 4) is 6.07 Å². The number of carboxylic acid groups (broad SMARTS) is 1. The molecule has 17 heavy (non-hydrogen) atoms. The van der Waals surface area contributed by atoms with Gasteiger partial charge in [0, 0.05) is 17.9 Å². The maximum atomic E-state index is 10.8. The average Bonchev–Trinajstić information content (AvgIpc) is 2.35. The van der Waals surface area contributed by atoms with E-state index in [0.29, 0.717) is 11.4 Å². The molecule has 0 fully saturated rings. The van der Waals surface area contributed by atoms with Crippen molar-refractivity contribution in [1.82, 2.24) is 4.98 Å². The first kappa shape index (κ1) is 13.0. The number of anilines is 1. The number of nitrogens with zero attached hydrogens (tertiary/aromatic N) is 3. The minimum absolute atomic E-state index is 0.0795. The van der Waals surface area contributed by atoms with Gasteiger partial charge in [-0.2, -0.15) is 5.26 Å². The number of hydrogen-bond acceptors (Lipinski definition) is 4. The molecular formula is C12H15N3O2. The van der Waals surface area contributed by atoms with E-state index in [0.717, 1.165) is 6.42 Å². The highest BCUT2D eigenvalue weighted by atomic mass is 16.4. The predicted molar refractivity (Wildman–Crippen MR) is 63.7 cm³/mol. The SMILES string of the molecule is CCC(C)N(CC(=O)O)c1ccnc(C#N)c1. The molecular weight excluding hydrogens is 218 g/mol. The summed E-state index contributed by atoms with van der Waals surface area (Å²) in [6.07, 6.45) is 2.35. The quantitative estimate of drug-likeness (QED) is 0.836. The van der Waals surface area contributed by atoms with E-state index in [4.69, 9.17) is 10.4 Å². The second kappa shape index (κ2) is 5.85. The summed E-state index contributed by atoms with van der Waals surface area (Å²) in [6.45, 7) is 3.87. The number of pyridine rings is 1. The lowest BCUT2D eigenvalue weighted by molar-refractivity contribution is -0.135. The molecule has 1 aromatic heterocycles. The van der Waals surface area contributed by atoms with Crippen LogP contribution in [0.5, 0.6) is 0 Å². The zero-order valence-electron chi connectivity index (χ0n) is 9.92.